The van der Waals surface area contributed by atoms with Crippen LogP contribution in [-0.2, 0) is 12.8 Å². The van der Waals surface area contributed by atoms with Crippen LogP contribution >= 0.6 is 0 Å². The van der Waals surface area contributed by atoms with Gasteiger partial charge < -0.3 is 5.32 Å². The number of carbonyl (C=O) groups is 1. The van der Waals surface area contributed by atoms with Gasteiger partial charge in [0.25, 0.3) is 5.91 Å². The number of carbonyl (C=O) groups excluding carboxylic acids is 1. The average molecular weight is 228 g/mol. The zero-order valence-corrected chi connectivity index (χ0v) is 9.45. The number of aromatic amines is 1. The van der Waals surface area contributed by atoms with Gasteiger partial charge in [0.05, 0.1) is 5.69 Å². The molecule has 0 bridgehead atoms. The number of pyridine rings is 1. The van der Waals surface area contributed by atoms with Gasteiger partial charge in [0.15, 0.2) is 0 Å². The first-order valence-electron chi connectivity index (χ1n) is 5.54. The van der Waals surface area contributed by atoms with E-state index in [1.165, 1.54) is 5.56 Å². The van der Waals surface area contributed by atoms with E-state index in [9.17, 15) is 4.79 Å². The van der Waals surface area contributed by atoms with E-state index in [0.717, 1.165) is 29.7 Å². The minimum atomic E-state index is -0.115. The molecule has 86 valence electrons. The van der Waals surface area contributed by atoms with Crippen LogP contribution in [-0.4, -0.2) is 28.1 Å². The molecule has 17 heavy (non-hydrogen) atoms. The topological polar surface area (TPSA) is 70.7 Å². The molecule has 0 fully saturated rings. The minimum absolute atomic E-state index is 0.115. The number of nitrogens with zero attached hydrogens (tertiary/aromatic N) is 2. The molecule has 5 nitrogen and oxygen atoms in total. The van der Waals surface area contributed by atoms with Crippen LogP contribution in [0.3, 0.4) is 0 Å². The SMILES string of the molecule is CNC(=O)c1[nH]nc2c1CCc1cnccc1-2. The molecule has 0 saturated heterocycles. The maximum Gasteiger partial charge on any atom is 0.269 e. The van der Waals surface area contributed by atoms with Gasteiger partial charge in [-0.2, -0.15) is 5.10 Å². The fourth-order valence-corrected chi connectivity index (χ4v) is 2.26. The lowest BCUT2D eigenvalue weighted by Gasteiger charge is -2.14. The van der Waals surface area contributed by atoms with Gasteiger partial charge in [0, 0.05) is 30.6 Å². The van der Waals surface area contributed by atoms with E-state index in [1.807, 2.05) is 12.3 Å². The Morgan fingerprint density at radius 1 is 1.47 bits per heavy atom. The molecule has 0 spiro atoms. The first-order chi connectivity index (χ1) is 8.31. The van der Waals surface area contributed by atoms with Crippen LogP contribution in [0.25, 0.3) is 11.3 Å². The fraction of sp³-hybridized carbons (Fsp3) is 0.250. The average Bonchev–Trinajstić information content (AvgIpc) is 2.82. The summed E-state index contributed by atoms with van der Waals surface area (Å²) in [5.74, 6) is -0.115. The standard InChI is InChI=1S/C12H12N4O/c1-13-12(17)11-9-3-2-7-6-14-5-4-8(7)10(9)15-16-11/h4-6H,2-3H2,1H3,(H,13,17)(H,15,16). The molecule has 1 aliphatic carbocycles. The van der Waals surface area contributed by atoms with Gasteiger partial charge in [0.1, 0.15) is 5.69 Å². The highest BCUT2D eigenvalue weighted by Gasteiger charge is 2.24. The summed E-state index contributed by atoms with van der Waals surface area (Å²) in [5, 5.41) is 9.70. The van der Waals surface area contributed by atoms with Gasteiger partial charge in [0.2, 0.25) is 0 Å². The van der Waals surface area contributed by atoms with Crippen LogP contribution in [0.5, 0.6) is 0 Å². The lowest BCUT2D eigenvalue weighted by Crippen LogP contribution is -2.20. The lowest BCUT2D eigenvalue weighted by molar-refractivity contribution is 0.0957. The smallest absolute Gasteiger partial charge is 0.269 e. The molecule has 1 amide bonds. The Kier molecular flexibility index (Phi) is 2.18. The molecule has 5 heteroatoms. The highest BCUT2D eigenvalue weighted by Crippen LogP contribution is 2.32. The van der Waals surface area contributed by atoms with E-state index >= 15 is 0 Å². The van der Waals surface area contributed by atoms with E-state index in [-0.39, 0.29) is 5.91 Å². The lowest BCUT2D eigenvalue weighted by atomic mass is 9.90. The summed E-state index contributed by atoms with van der Waals surface area (Å²) in [7, 11) is 1.62. The van der Waals surface area contributed by atoms with Crippen molar-refractivity contribution < 1.29 is 4.79 Å². The summed E-state index contributed by atoms with van der Waals surface area (Å²) in [6.45, 7) is 0. The molecule has 0 aromatic carbocycles. The molecule has 3 rings (SSSR count). The summed E-state index contributed by atoms with van der Waals surface area (Å²) in [5.41, 5.74) is 4.72. The molecular formula is C12H12N4O. The predicted octanol–water partition coefficient (Wildman–Crippen LogP) is 0.930. The number of aromatic nitrogens is 3. The number of hydrogen-bond acceptors (Lipinski definition) is 3. The molecule has 2 aromatic rings. The summed E-state index contributed by atoms with van der Waals surface area (Å²) in [6.07, 6.45) is 5.35. The quantitative estimate of drug-likeness (QED) is 0.762. The predicted molar refractivity (Wildman–Crippen MR) is 62.6 cm³/mol. The van der Waals surface area contributed by atoms with Crippen LogP contribution < -0.4 is 5.32 Å². The molecule has 0 saturated carbocycles. The van der Waals surface area contributed by atoms with Crippen molar-refractivity contribution in [3.05, 3.63) is 35.3 Å². The summed E-state index contributed by atoms with van der Waals surface area (Å²) >= 11 is 0. The van der Waals surface area contributed by atoms with E-state index in [4.69, 9.17) is 0 Å². The Morgan fingerprint density at radius 2 is 2.35 bits per heavy atom. The Morgan fingerprint density at radius 3 is 3.18 bits per heavy atom. The van der Waals surface area contributed by atoms with Crippen molar-refractivity contribution in [1.29, 1.82) is 0 Å². The number of hydrogen-bond donors (Lipinski definition) is 2. The zero-order valence-electron chi connectivity index (χ0n) is 9.45. The second-order valence-electron chi connectivity index (χ2n) is 4.04. The Labute approximate surface area is 98.3 Å². The van der Waals surface area contributed by atoms with Crippen LogP contribution in [0.1, 0.15) is 21.6 Å². The molecule has 0 unspecified atom stereocenters. The third kappa shape index (κ3) is 1.43. The van der Waals surface area contributed by atoms with Crippen molar-refractivity contribution in [3.8, 4) is 11.3 Å². The summed E-state index contributed by atoms with van der Waals surface area (Å²) < 4.78 is 0. The molecular weight excluding hydrogens is 216 g/mol. The van der Waals surface area contributed by atoms with Crippen molar-refractivity contribution in [1.82, 2.24) is 20.5 Å². The summed E-state index contributed by atoms with van der Waals surface area (Å²) in [4.78, 5) is 15.8. The van der Waals surface area contributed by atoms with Gasteiger partial charge in [-0.3, -0.25) is 14.9 Å². The minimum Gasteiger partial charge on any atom is -0.354 e. The van der Waals surface area contributed by atoms with Crippen molar-refractivity contribution in [3.63, 3.8) is 0 Å². The number of rotatable bonds is 1. The van der Waals surface area contributed by atoms with Gasteiger partial charge in [-0.05, 0) is 24.5 Å². The van der Waals surface area contributed by atoms with Gasteiger partial charge in [-0.25, -0.2) is 0 Å². The van der Waals surface area contributed by atoms with E-state index in [1.54, 1.807) is 13.2 Å². The second-order valence-corrected chi connectivity index (χ2v) is 4.04. The molecule has 0 atom stereocenters. The number of fused-ring (bicyclic) bond motifs is 3. The van der Waals surface area contributed by atoms with Crippen molar-refractivity contribution >= 4 is 5.91 Å². The van der Waals surface area contributed by atoms with Gasteiger partial charge in [-0.15, -0.1) is 0 Å². The highest BCUT2D eigenvalue weighted by atomic mass is 16.1. The van der Waals surface area contributed by atoms with Gasteiger partial charge in [-0.1, -0.05) is 0 Å². The number of nitrogens with one attached hydrogen (secondary N) is 2. The largest absolute Gasteiger partial charge is 0.354 e. The van der Waals surface area contributed by atoms with E-state index < -0.39 is 0 Å². The highest BCUT2D eigenvalue weighted by molar-refractivity contribution is 5.95. The molecule has 0 aliphatic heterocycles. The van der Waals surface area contributed by atoms with Crippen molar-refractivity contribution in [2.24, 2.45) is 0 Å². The normalized spacial score (nSPS) is 12.8. The Balaban J connectivity index is 2.16. The number of H-pyrrole nitrogens is 1. The third-order valence-corrected chi connectivity index (χ3v) is 3.12. The van der Waals surface area contributed by atoms with Crippen LogP contribution in [0, 0.1) is 0 Å². The summed E-state index contributed by atoms with van der Waals surface area (Å²) in [6, 6.07) is 1.95. The van der Waals surface area contributed by atoms with Crippen LogP contribution in [0.4, 0.5) is 0 Å². The van der Waals surface area contributed by atoms with Crippen molar-refractivity contribution in [2.75, 3.05) is 7.05 Å². The molecule has 2 aromatic heterocycles. The monoisotopic (exact) mass is 228 g/mol. The van der Waals surface area contributed by atoms with E-state index in [0.29, 0.717) is 5.69 Å². The molecule has 2 N–H and O–H groups in total. The van der Waals surface area contributed by atoms with E-state index in [2.05, 4.69) is 20.5 Å². The molecule has 0 radical (unpaired) electrons. The van der Waals surface area contributed by atoms with Crippen LogP contribution in [0.2, 0.25) is 0 Å². The first kappa shape index (κ1) is 10.0. The number of amides is 1. The first-order valence-corrected chi connectivity index (χ1v) is 5.54. The van der Waals surface area contributed by atoms with Gasteiger partial charge >= 0.3 is 0 Å². The van der Waals surface area contributed by atoms with Crippen LogP contribution in [0.15, 0.2) is 18.5 Å². The third-order valence-electron chi connectivity index (χ3n) is 3.12. The molecule has 1 aliphatic rings. The Hall–Kier alpha value is -2.17. The maximum atomic E-state index is 11.7. The second kappa shape index (κ2) is 3.69. The molecule has 2 heterocycles. The maximum absolute atomic E-state index is 11.7. The Bertz CT molecular complexity index is 588. The van der Waals surface area contributed by atoms with Crippen molar-refractivity contribution in [2.45, 2.75) is 12.8 Å². The number of aryl methyl sites for hydroxylation is 1. The zero-order chi connectivity index (χ0) is 11.8. The fourth-order valence-electron chi connectivity index (χ4n) is 2.26.